The maximum Gasteiger partial charge on any atom is 0.439 e. The Morgan fingerprint density at radius 2 is 1.60 bits per heavy atom. The number of ether oxygens (including phenoxy) is 1. The van der Waals surface area contributed by atoms with Gasteiger partial charge in [0.25, 0.3) is 6.17 Å². The molecule has 8 heteroatoms. The van der Waals surface area contributed by atoms with E-state index in [0.29, 0.717) is 17.0 Å². The summed E-state index contributed by atoms with van der Waals surface area (Å²) in [6.07, 6.45) is -4.03. The van der Waals surface area contributed by atoms with Gasteiger partial charge in [0.05, 0.1) is 0 Å². The Morgan fingerprint density at radius 1 is 0.943 bits per heavy atom. The summed E-state index contributed by atoms with van der Waals surface area (Å²) in [6.45, 7) is 2.19. The lowest BCUT2D eigenvalue weighted by molar-refractivity contribution is -0.304. The highest BCUT2D eigenvalue weighted by Gasteiger charge is 2.59. The van der Waals surface area contributed by atoms with Crippen molar-refractivity contribution in [1.82, 2.24) is 0 Å². The van der Waals surface area contributed by atoms with Crippen molar-refractivity contribution in [1.29, 1.82) is 0 Å². The minimum atomic E-state index is -5.75. The van der Waals surface area contributed by atoms with Gasteiger partial charge in [0.1, 0.15) is 11.6 Å². The van der Waals surface area contributed by atoms with Crippen LogP contribution in [0.2, 0.25) is 0 Å². The van der Waals surface area contributed by atoms with Crippen molar-refractivity contribution in [3.8, 4) is 5.75 Å². The highest BCUT2D eigenvalue weighted by atomic mass is 19.4. The van der Waals surface area contributed by atoms with Gasteiger partial charge >= 0.3 is 12.3 Å². The number of benzene rings is 2. The number of halogens is 7. The molecule has 0 radical (unpaired) electrons. The minimum absolute atomic E-state index is 0.350. The average molecular weight is 503 g/mol. The zero-order chi connectivity index (χ0) is 25.6. The third kappa shape index (κ3) is 7.48. The SMILES string of the molecule is CCCCC1CCC(c2ccc(C=Cc3ccc(OC(F)(F)C(F)C(F)(F)F)cc3)c(F)c2)CC1. The lowest BCUT2D eigenvalue weighted by Gasteiger charge is -2.29. The normalized spacial score (nSPS) is 20.2. The Hall–Kier alpha value is -2.51. The molecule has 192 valence electrons. The summed E-state index contributed by atoms with van der Waals surface area (Å²) in [5.41, 5.74) is 1.81. The van der Waals surface area contributed by atoms with Crippen LogP contribution in [0.5, 0.6) is 5.75 Å². The van der Waals surface area contributed by atoms with Crippen molar-refractivity contribution in [2.75, 3.05) is 0 Å². The van der Waals surface area contributed by atoms with Crippen LogP contribution in [0.1, 0.15) is 74.5 Å². The monoisotopic (exact) mass is 502 g/mol. The predicted octanol–water partition coefficient (Wildman–Crippen LogP) is 9.33. The lowest BCUT2D eigenvalue weighted by atomic mass is 9.77. The van der Waals surface area contributed by atoms with E-state index < -0.39 is 24.2 Å². The summed E-state index contributed by atoms with van der Waals surface area (Å²) in [6, 6.07) is 9.76. The van der Waals surface area contributed by atoms with E-state index >= 15 is 0 Å². The van der Waals surface area contributed by atoms with Crippen LogP contribution in [0.15, 0.2) is 42.5 Å². The van der Waals surface area contributed by atoms with Crippen molar-refractivity contribution >= 4 is 12.2 Å². The molecule has 0 N–H and O–H groups in total. The molecule has 0 saturated heterocycles. The number of rotatable bonds is 9. The molecule has 2 aromatic rings. The first kappa shape index (κ1) is 27.1. The second-order valence-electron chi connectivity index (χ2n) is 9.11. The minimum Gasteiger partial charge on any atom is -0.430 e. The highest BCUT2D eigenvalue weighted by Crippen LogP contribution is 2.39. The first-order valence-electron chi connectivity index (χ1n) is 11.8. The molecular weight excluding hydrogens is 473 g/mol. The fourth-order valence-electron chi connectivity index (χ4n) is 4.44. The number of alkyl halides is 6. The van der Waals surface area contributed by atoms with E-state index in [1.165, 1.54) is 56.4 Å². The largest absolute Gasteiger partial charge is 0.439 e. The smallest absolute Gasteiger partial charge is 0.430 e. The van der Waals surface area contributed by atoms with E-state index in [9.17, 15) is 30.7 Å². The number of unbranched alkanes of at least 4 members (excludes halogenated alkanes) is 1. The van der Waals surface area contributed by atoms with Gasteiger partial charge in [-0.05, 0) is 66.8 Å². The molecule has 0 heterocycles. The van der Waals surface area contributed by atoms with E-state index in [1.807, 2.05) is 6.07 Å². The zero-order valence-electron chi connectivity index (χ0n) is 19.4. The van der Waals surface area contributed by atoms with Crippen LogP contribution in [0.3, 0.4) is 0 Å². The van der Waals surface area contributed by atoms with Crippen molar-refractivity contribution in [3.05, 3.63) is 65.0 Å². The quantitative estimate of drug-likeness (QED) is 0.245. The van der Waals surface area contributed by atoms with Gasteiger partial charge in [0, 0.05) is 5.56 Å². The van der Waals surface area contributed by atoms with Crippen LogP contribution in [-0.4, -0.2) is 18.5 Å². The third-order valence-corrected chi connectivity index (χ3v) is 6.48. The van der Waals surface area contributed by atoms with Crippen molar-refractivity contribution in [2.24, 2.45) is 5.92 Å². The molecule has 1 nitrogen and oxygen atoms in total. The number of hydrogen-bond donors (Lipinski definition) is 0. The van der Waals surface area contributed by atoms with Gasteiger partial charge < -0.3 is 4.74 Å². The van der Waals surface area contributed by atoms with Gasteiger partial charge in [-0.15, -0.1) is 0 Å². The lowest BCUT2D eigenvalue weighted by Crippen LogP contribution is -2.45. The number of hydrogen-bond acceptors (Lipinski definition) is 1. The van der Waals surface area contributed by atoms with Gasteiger partial charge in [-0.3, -0.25) is 0 Å². The fraction of sp³-hybridized carbons (Fsp3) is 0.481. The second kappa shape index (κ2) is 11.5. The second-order valence-corrected chi connectivity index (χ2v) is 9.11. The molecule has 2 aromatic carbocycles. The molecule has 1 unspecified atom stereocenters. The first-order valence-corrected chi connectivity index (χ1v) is 11.8. The molecule has 1 aliphatic carbocycles. The molecule has 3 rings (SSSR count). The van der Waals surface area contributed by atoms with Crippen molar-refractivity contribution in [2.45, 2.75) is 76.2 Å². The van der Waals surface area contributed by atoms with E-state index in [-0.39, 0.29) is 5.82 Å². The van der Waals surface area contributed by atoms with Crippen LogP contribution < -0.4 is 4.74 Å². The van der Waals surface area contributed by atoms with Crippen LogP contribution in [0.4, 0.5) is 30.7 Å². The van der Waals surface area contributed by atoms with Crippen molar-refractivity contribution in [3.63, 3.8) is 0 Å². The van der Waals surface area contributed by atoms with Gasteiger partial charge in [0.2, 0.25) is 0 Å². The summed E-state index contributed by atoms with van der Waals surface area (Å²) in [4.78, 5) is 0. The maximum absolute atomic E-state index is 14.7. The molecule has 0 aliphatic heterocycles. The predicted molar refractivity (Wildman–Crippen MR) is 123 cm³/mol. The topological polar surface area (TPSA) is 9.23 Å². The van der Waals surface area contributed by atoms with Gasteiger partial charge in [-0.25, -0.2) is 8.78 Å². The molecule has 1 aliphatic rings. The molecule has 0 spiro atoms. The summed E-state index contributed by atoms with van der Waals surface area (Å²) in [5, 5.41) is 0. The van der Waals surface area contributed by atoms with Gasteiger partial charge in [-0.1, -0.05) is 62.6 Å². The molecule has 0 aromatic heterocycles. The zero-order valence-corrected chi connectivity index (χ0v) is 19.4. The maximum atomic E-state index is 14.7. The third-order valence-electron chi connectivity index (χ3n) is 6.48. The highest BCUT2D eigenvalue weighted by molar-refractivity contribution is 5.70. The molecule has 1 fully saturated rings. The van der Waals surface area contributed by atoms with Crippen LogP contribution in [0, 0.1) is 11.7 Å². The Labute approximate surface area is 201 Å². The summed E-state index contributed by atoms with van der Waals surface area (Å²) in [7, 11) is 0. The van der Waals surface area contributed by atoms with Crippen LogP contribution >= 0.6 is 0 Å². The molecule has 1 saturated carbocycles. The standard InChI is InChI=1S/C27H29F7O/c1-2-3-4-18-5-10-20(11-6-18)22-14-13-21(24(28)17-22)12-7-19-8-15-23(16-9-19)35-27(33,34)25(29)26(30,31)32/h7-9,12-18,20,25H,2-6,10-11H2,1H3. The van der Waals surface area contributed by atoms with Gasteiger partial charge in [0.15, 0.2) is 0 Å². The van der Waals surface area contributed by atoms with Crippen LogP contribution in [-0.2, 0) is 0 Å². The summed E-state index contributed by atoms with van der Waals surface area (Å²) in [5.74, 6) is 0.128. The average Bonchev–Trinajstić information content (AvgIpc) is 2.82. The fourth-order valence-corrected chi connectivity index (χ4v) is 4.44. The van der Waals surface area contributed by atoms with E-state index in [2.05, 4.69) is 11.7 Å². The van der Waals surface area contributed by atoms with E-state index in [4.69, 9.17) is 0 Å². The molecule has 0 amide bonds. The van der Waals surface area contributed by atoms with Crippen LogP contribution in [0.25, 0.3) is 12.2 Å². The molecular formula is C27H29F7O. The first-order chi connectivity index (χ1) is 16.5. The van der Waals surface area contributed by atoms with E-state index in [1.54, 1.807) is 12.1 Å². The Balaban J connectivity index is 1.59. The molecule has 0 bridgehead atoms. The van der Waals surface area contributed by atoms with E-state index in [0.717, 1.165) is 36.5 Å². The van der Waals surface area contributed by atoms with Gasteiger partial charge in [-0.2, -0.15) is 22.0 Å². The van der Waals surface area contributed by atoms with Crippen molar-refractivity contribution < 1.29 is 35.5 Å². The Kier molecular flexibility index (Phi) is 8.89. The molecule has 35 heavy (non-hydrogen) atoms. The molecule has 1 atom stereocenters. The summed E-state index contributed by atoms with van der Waals surface area (Å²) < 4.78 is 95.0. The Morgan fingerprint density at radius 3 is 2.17 bits per heavy atom. The Bertz CT molecular complexity index is 974. The summed E-state index contributed by atoms with van der Waals surface area (Å²) >= 11 is 0.